The first-order chi connectivity index (χ1) is 11.6. The second-order valence-corrected chi connectivity index (χ2v) is 5.36. The zero-order valence-electron chi connectivity index (χ0n) is 12.7. The van der Waals surface area contributed by atoms with Crippen LogP contribution >= 0.6 is 11.6 Å². The number of esters is 2. The van der Waals surface area contributed by atoms with Crippen LogP contribution < -0.4 is 0 Å². The van der Waals surface area contributed by atoms with Crippen LogP contribution in [0.5, 0.6) is 0 Å². The van der Waals surface area contributed by atoms with E-state index in [0.29, 0.717) is 21.7 Å². The number of aliphatic imine (C=N–C) groups is 1. The Balaban J connectivity index is 1.99. The lowest BCUT2D eigenvalue weighted by Gasteiger charge is -2.03. The lowest BCUT2D eigenvalue weighted by Crippen LogP contribution is -2.06. The summed E-state index contributed by atoms with van der Waals surface area (Å²) < 4.78 is 9.92. The van der Waals surface area contributed by atoms with Gasteiger partial charge in [0.2, 0.25) is 5.90 Å². The zero-order chi connectivity index (χ0) is 17.1. The topological polar surface area (TPSA) is 65.0 Å². The number of benzene rings is 2. The van der Waals surface area contributed by atoms with Crippen LogP contribution in [0.25, 0.3) is 6.08 Å². The van der Waals surface area contributed by atoms with E-state index in [0.717, 1.165) is 0 Å². The number of rotatable bonds is 3. The van der Waals surface area contributed by atoms with Gasteiger partial charge in [0.05, 0.1) is 12.7 Å². The van der Waals surface area contributed by atoms with Gasteiger partial charge in [-0.15, -0.1) is 0 Å². The van der Waals surface area contributed by atoms with Gasteiger partial charge in [-0.05, 0) is 35.9 Å². The third-order valence-corrected chi connectivity index (χ3v) is 3.59. The molecule has 0 saturated heterocycles. The molecule has 1 heterocycles. The molecule has 24 heavy (non-hydrogen) atoms. The summed E-state index contributed by atoms with van der Waals surface area (Å²) in [6, 6.07) is 13.6. The van der Waals surface area contributed by atoms with Crippen LogP contribution in [0.4, 0.5) is 0 Å². The molecule has 0 fully saturated rings. The van der Waals surface area contributed by atoms with Crippen molar-refractivity contribution in [1.29, 1.82) is 0 Å². The molecule has 0 saturated carbocycles. The third-order valence-electron chi connectivity index (χ3n) is 3.35. The molecule has 0 aliphatic carbocycles. The Kier molecular flexibility index (Phi) is 4.44. The molecule has 3 rings (SSSR count). The van der Waals surface area contributed by atoms with Crippen LogP contribution in [-0.2, 0) is 14.3 Å². The van der Waals surface area contributed by atoms with Gasteiger partial charge in [-0.2, -0.15) is 0 Å². The molecule has 2 aromatic carbocycles. The number of hydrogen-bond donors (Lipinski definition) is 0. The molecule has 0 unspecified atom stereocenters. The molecule has 0 radical (unpaired) electrons. The van der Waals surface area contributed by atoms with Gasteiger partial charge in [-0.3, -0.25) is 0 Å². The van der Waals surface area contributed by atoms with Gasteiger partial charge in [0.1, 0.15) is 0 Å². The van der Waals surface area contributed by atoms with E-state index in [1.165, 1.54) is 13.2 Å². The molecule has 1 aliphatic rings. The third kappa shape index (κ3) is 3.21. The number of nitrogens with zero attached hydrogens (tertiary/aromatic N) is 1. The minimum atomic E-state index is -0.593. The molecule has 0 aromatic heterocycles. The van der Waals surface area contributed by atoms with Crippen molar-refractivity contribution < 1.29 is 19.1 Å². The van der Waals surface area contributed by atoms with Crippen LogP contribution in [0.2, 0.25) is 5.02 Å². The number of hydrogen-bond acceptors (Lipinski definition) is 5. The van der Waals surface area contributed by atoms with E-state index in [1.54, 1.807) is 48.5 Å². The molecule has 0 bridgehead atoms. The monoisotopic (exact) mass is 341 g/mol. The van der Waals surface area contributed by atoms with Crippen molar-refractivity contribution >= 4 is 35.5 Å². The van der Waals surface area contributed by atoms with Gasteiger partial charge in [0, 0.05) is 10.6 Å². The van der Waals surface area contributed by atoms with Crippen molar-refractivity contribution in [2.45, 2.75) is 0 Å². The molecule has 0 N–H and O–H groups in total. The van der Waals surface area contributed by atoms with Gasteiger partial charge in [0.15, 0.2) is 5.70 Å². The SMILES string of the molecule is COC(=O)c1ccccc1/C=C1\N=C(c2cccc(Cl)c2)OC1=O. The fourth-order valence-electron chi connectivity index (χ4n) is 2.22. The summed E-state index contributed by atoms with van der Waals surface area (Å²) in [6.45, 7) is 0. The van der Waals surface area contributed by atoms with Crippen molar-refractivity contribution in [3.8, 4) is 0 Å². The Bertz CT molecular complexity index is 886. The fraction of sp³-hybridized carbons (Fsp3) is 0.0556. The lowest BCUT2D eigenvalue weighted by atomic mass is 10.1. The summed E-state index contributed by atoms with van der Waals surface area (Å²) in [6.07, 6.45) is 1.49. The van der Waals surface area contributed by atoms with Gasteiger partial charge < -0.3 is 9.47 Å². The summed E-state index contributed by atoms with van der Waals surface area (Å²) in [5.74, 6) is -0.915. The highest BCUT2D eigenvalue weighted by Gasteiger charge is 2.25. The molecule has 0 amide bonds. The highest BCUT2D eigenvalue weighted by atomic mass is 35.5. The van der Waals surface area contributed by atoms with Crippen molar-refractivity contribution in [2.24, 2.45) is 4.99 Å². The Morgan fingerprint density at radius 2 is 2.00 bits per heavy atom. The van der Waals surface area contributed by atoms with Gasteiger partial charge in [-0.1, -0.05) is 35.9 Å². The van der Waals surface area contributed by atoms with E-state index in [-0.39, 0.29) is 11.6 Å². The van der Waals surface area contributed by atoms with Crippen molar-refractivity contribution in [3.05, 3.63) is 75.9 Å². The van der Waals surface area contributed by atoms with E-state index in [9.17, 15) is 9.59 Å². The Hall–Kier alpha value is -2.92. The summed E-state index contributed by atoms with van der Waals surface area (Å²) in [4.78, 5) is 28.0. The zero-order valence-corrected chi connectivity index (χ0v) is 13.4. The summed E-state index contributed by atoms with van der Waals surface area (Å²) in [7, 11) is 1.30. The summed E-state index contributed by atoms with van der Waals surface area (Å²) in [5, 5.41) is 0.514. The van der Waals surface area contributed by atoms with Gasteiger partial charge in [0.25, 0.3) is 0 Å². The van der Waals surface area contributed by atoms with E-state index >= 15 is 0 Å². The molecular formula is C18H12ClNO4. The number of carbonyl (C=O) groups excluding carboxylic acids is 2. The van der Waals surface area contributed by atoms with Crippen molar-refractivity contribution in [1.82, 2.24) is 0 Å². The average Bonchev–Trinajstić information content (AvgIpc) is 2.95. The molecule has 120 valence electrons. The van der Waals surface area contributed by atoms with E-state index in [4.69, 9.17) is 21.1 Å². The van der Waals surface area contributed by atoms with Crippen LogP contribution in [-0.4, -0.2) is 24.9 Å². The van der Waals surface area contributed by atoms with Crippen LogP contribution in [0, 0.1) is 0 Å². The second-order valence-electron chi connectivity index (χ2n) is 4.93. The number of cyclic esters (lactones) is 1. The quantitative estimate of drug-likeness (QED) is 0.633. The lowest BCUT2D eigenvalue weighted by molar-refractivity contribution is -0.129. The van der Waals surface area contributed by atoms with Crippen molar-refractivity contribution in [3.63, 3.8) is 0 Å². The molecule has 6 heteroatoms. The van der Waals surface area contributed by atoms with E-state index in [2.05, 4.69) is 4.99 Å². The highest BCUT2D eigenvalue weighted by molar-refractivity contribution is 6.31. The largest absolute Gasteiger partial charge is 0.465 e. The number of halogens is 1. The maximum Gasteiger partial charge on any atom is 0.363 e. The molecule has 0 atom stereocenters. The molecule has 0 spiro atoms. The minimum absolute atomic E-state index is 0.0985. The number of methoxy groups -OCH3 is 1. The van der Waals surface area contributed by atoms with E-state index < -0.39 is 11.9 Å². The number of ether oxygens (including phenoxy) is 2. The molecule has 5 nitrogen and oxygen atoms in total. The second kappa shape index (κ2) is 6.68. The number of carbonyl (C=O) groups is 2. The molecule has 2 aromatic rings. The molecular weight excluding hydrogens is 330 g/mol. The first kappa shape index (κ1) is 16.0. The maximum atomic E-state index is 12.0. The highest BCUT2D eigenvalue weighted by Crippen LogP contribution is 2.22. The normalized spacial score (nSPS) is 15.2. The predicted octanol–water partition coefficient (Wildman–Crippen LogP) is 3.47. The van der Waals surface area contributed by atoms with Crippen molar-refractivity contribution in [2.75, 3.05) is 7.11 Å². The first-order valence-electron chi connectivity index (χ1n) is 7.04. The Labute approximate surface area is 143 Å². The predicted molar refractivity (Wildman–Crippen MR) is 89.8 cm³/mol. The van der Waals surface area contributed by atoms with Crippen LogP contribution in [0.3, 0.4) is 0 Å². The van der Waals surface area contributed by atoms with Gasteiger partial charge in [-0.25, -0.2) is 14.6 Å². The minimum Gasteiger partial charge on any atom is -0.465 e. The Morgan fingerprint density at radius 3 is 2.75 bits per heavy atom. The fourth-order valence-corrected chi connectivity index (χ4v) is 2.41. The van der Waals surface area contributed by atoms with Gasteiger partial charge >= 0.3 is 11.9 Å². The van der Waals surface area contributed by atoms with E-state index in [1.807, 2.05) is 0 Å². The molecule has 1 aliphatic heterocycles. The van der Waals surface area contributed by atoms with Crippen LogP contribution in [0.1, 0.15) is 21.5 Å². The maximum absolute atomic E-state index is 12.0. The smallest absolute Gasteiger partial charge is 0.363 e. The standard InChI is InChI=1S/C18H12ClNO4/c1-23-17(21)14-8-3-2-5-11(14)10-15-18(22)24-16(20-15)12-6-4-7-13(19)9-12/h2-10H,1H3/b15-10-. The average molecular weight is 342 g/mol. The van der Waals surface area contributed by atoms with Crippen LogP contribution in [0.15, 0.2) is 59.2 Å². The summed E-state index contributed by atoms with van der Waals surface area (Å²) >= 11 is 5.94. The summed E-state index contributed by atoms with van der Waals surface area (Å²) in [5.41, 5.74) is 1.56. The Morgan fingerprint density at radius 1 is 1.21 bits per heavy atom. The first-order valence-corrected chi connectivity index (χ1v) is 7.42.